The quantitative estimate of drug-likeness (QED) is 0.877. The molecule has 0 aromatic heterocycles. The van der Waals surface area contributed by atoms with Crippen LogP contribution < -0.4 is 11.1 Å². The fourth-order valence-electron chi connectivity index (χ4n) is 3.87. The fourth-order valence-corrected chi connectivity index (χ4v) is 3.87. The second-order valence-electron chi connectivity index (χ2n) is 7.37. The van der Waals surface area contributed by atoms with Crippen molar-refractivity contribution in [3.8, 4) is 0 Å². The van der Waals surface area contributed by atoms with Crippen molar-refractivity contribution in [2.75, 3.05) is 6.54 Å². The predicted molar refractivity (Wildman–Crippen MR) is 87.0 cm³/mol. The Kier molecular flexibility index (Phi) is 4.55. The van der Waals surface area contributed by atoms with Crippen LogP contribution in [-0.4, -0.2) is 12.6 Å². The first-order valence-corrected chi connectivity index (χ1v) is 7.86. The summed E-state index contributed by atoms with van der Waals surface area (Å²) >= 11 is 0. The van der Waals surface area contributed by atoms with Gasteiger partial charge in [-0.2, -0.15) is 0 Å². The summed E-state index contributed by atoms with van der Waals surface area (Å²) in [7, 11) is 0. The standard InChI is InChI=1S/C18H30N2/c1-12-8-13(2)17(14(3)9-12)16(11-19)20-15-6-7-18(4,5)10-15/h8-9,15-16,20H,6-7,10-11,19H2,1-5H3. The highest BCUT2D eigenvalue weighted by molar-refractivity contribution is 5.40. The minimum Gasteiger partial charge on any atom is -0.329 e. The average molecular weight is 274 g/mol. The minimum atomic E-state index is 0.287. The summed E-state index contributed by atoms with van der Waals surface area (Å²) in [4.78, 5) is 0. The first-order valence-electron chi connectivity index (χ1n) is 7.86. The second kappa shape index (κ2) is 5.87. The van der Waals surface area contributed by atoms with Gasteiger partial charge in [-0.25, -0.2) is 0 Å². The molecule has 1 aromatic rings. The van der Waals surface area contributed by atoms with Crippen molar-refractivity contribution in [2.24, 2.45) is 11.1 Å². The molecule has 20 heavy (non-hydrogen) atoms. The van der Waals surface area contributed by atoms with Gasteiger partial charge in [0.05, 0.1) is 0 Å². The molecule has 2 unspecified atom stereocenters. The Hall–Kier alpha value is -0.860. The Balaban J connectivity index is 2.17. The van der Waals surface area contributed by atoms with Gasteiger partial charge in [-0.1, -0.05) is 31.5 Å². The summed E-state index contributed by atoms with van der Waals surface area (Å²) in [5.74, 6) is 0. The summed E-state index contributed by atoms with van der Waals surface area (Å²) in [6.07, 6.45) is 3.84. The molecule has 0 saturated heterocycles. The van der Waals surface area contributed by atoms with E-state index in [4.69, 9.17) is 5.73 Å². The zero-order valence-electron chi connectivity index (χ0n) is 13.7. The van der Waals surface area contributed by atoms with Crippen LogP contribution in [0.15, 0.2) is 12.1 Å². The van der Waals surface area contributed by atoms with E-state index in [-0.39, 0.29) is 6.04 Å². The van der Waals surface area contributed by atoms with Crippen LogP contribution in [0, 0.1) is 26.2 Å². The Bertz CT molecular complexity index is 453. The molecule has 0 radical (unpaired) electrons. The van der Waals surface area contributed by atoms with Crippen LogP contribution in [0.1, 0.15) is 61.4 Å². The van der Waals surface area contributed by atoms with Gasteiger partial charge in [0.25, 0.3) is 0 Å². The molecular weight excluding hydrogens is 244 g/mol. The van der Waals surface area contributed by atoms with Crippen LogP contribution in [0.5, 0.6) is 0 Å². The second-order valence-corrected chi connectivity index (χ2v) is 7.37. The lowest BCUT2D eigenvalue weighted by Gasteiger charge is -2.26. The Morgan fingerprint density at radius 3 is 2.30 bits per heavy atom. The van der Waals surface area contributed by atoms with Gasteiger partial charge in [-0.3, -0.25) is 0 Å². The van der Waals surface area contributed by atoms with Gasteiger partial charge in [0.15, 0.2) is 0 Å². The molecule has 2 rings (SSSR count). The highest BCUT2D eigenvalue weighted by atomic mass is 15.0. The third-order valence-electron chi connectivity index (χ3n) is 4.73. The molecule has 0 spiro atoms. The SMILES string of the molecule is Cc1cc(C)c(C(CN)NC2CCC(C)(C)C2)c(C)c1. The minimum absolute atomic E-state index is 0.287. The van der Waals surface area contributed by atoms with Gasteiger partial charge in [-0.05, 0) is 62.1 Å². The maximum Gasteiger partial charge on any atom is 0.0451 e. The molecule has 0 amide bonds. The predicted octanol–water partition coefficient (Wildman–Crippen LogP) is 3.78. The fraction of sp³-hybridized carbons (Fsp3) is 0.667. The normalized spacial score (nSPS) is 23.0. The van der Waals surface area contributed by atoms with Crippen molar-refractivity contribution in [3.63, 3.8) is 0 Å². The molecule has 1 aromatic carbocycles. The van der Waals surface area contributed by atoms with E-state index in [9.17, 15) is 0 Å². The number of nitrogens with two attached hydrogens (primary N) is 1. The lowest BCUT2D eigenvalue weighted by atomic mass is 9.91. The van der Waals surface area contributed by atoms with E-state index in [0.717, 1.165) is 0 Å². The summed E-state index contributed by atoms with van der Waals surface area (Å²) in [6, 6.07) is 5.43. The van der Waals surface area contributed by atoms with E-state index < -0.39 is 0 Å². The molecule has 2 nitrogen and oxygen atoms in total. The number of aryl methyl sites for hydroxylation is 3. The maximum atomic E-state index is 6.06. The topological polar surface area (TPSA) is 38.0 Å². The van der Waals surface area contributed by atoms with Crippen molar-refractivity contribution in [2.45, 2.75) is 66.0 Å². The molecule has 0 aliphatic heterocycles. The number of nitrogens with one attached hydrogen (secondary N) is 1. The monoisotopic (exact) mass is 274 g/mol. The van der Waals surface area contributed by atoms with Crippen LogP contribution >= 0.6 is 0 Å². The van der Waals surface area contributed by atoms with Crippen LogP contribution in [0.25, 0.3) is 0 Å². The maximum absolute atomic E-state index is 6.06. The number of hydrogen-bond donors (Lipinski definition) is 2. The first-order chi connectivity index (χ1) is 9.32. The van der Waals surface area contributed by atoms with E-state index in [1.807, 2.05) is 0 Å². The molecule has 0 heterocycles. The van der Waals surface area contributed by atoms with E-state index in [0.29, 0.717) is 18.0 Å². The number of rotatable bonds is 4. The molecule has 112 valence electrons. The molecule has 1 saturated carbocycles. The van der Waals surface area contributed by atoms with Gasteiger partial charge in [-0.15, -0.1) is 0 Å². The van der Waals surface area contributed by atoms with Crippen molar-refractivity contribution in [1.29, 1.82) is 0 Å². The van der Waals surface area contributed by atoms with Crippen LogP contribution in [-0.2, 0) is 0 Å². The molecule has 1 aliphatic carbocycles. The first kappa shape index (κ1) is 15.5. The molecule has 0 bridgehead atoms. The van der Waals surface area contributed by atoms with Crippen molar-refractivity contribution in [1.82, 2.24) is 5.32 Å². The highest BCUT2D eigenvalue weighted by Crippen LogP contribution is 2.38. The molecule has 3 N–H and O–H groups in total. The molecule has 2 atom stereocenters. The van der Waals surface area contributed by atoms with E-state index in [2.05, 4.69) is 52.1 Å². The lowest BCUT2D eigenvalue weighted by Crippen LogP contribution is -2.36. The highest BCUT2D eigenvalue weighted by Gasteiger charge is 2.32. The Morgan fingerprint density at radius 2 is 1.85 bits per heavy atom. The summed E-state index contributed by atoms with van der Waals surface area (Å²) in [6.45, 7) is 12.0. The molecular formula is C18H30N2. The molecule has 2 heteroatoms. The lowest BCUT2D eigenvalue weighted by molar-refractivity contribution is 0.353. The third kappa shape index (κ3) is 3.42. The van der Waals surface area contributed by atoms with Crippen molar-refractivity contribution >= 4 is 0 Å². The Morgan fingerprint density at radius 1 is 1.25 bits per heavy atom. The smallest absolute Gasteiger partial charge is 0.0451 e. The third-order valence-corrected chi connectivity index (χ3v) is 4.73. The van der Waals surface area contributed by atoms with Crippen LogP contribution in [0.4, 0.5) is 0 Å². The zero-order valence-corrected chi connectivity index (χ0v) is 13.7. The summed E-state index contributed by atoms with van der Waals surface area (Å²) in [5, 5.41) is 3.81. The summed E-state index contributed by atoms with van der Waals surface area (Å²) < 4.78 is 0. The number of hydrogen-bond acceptors (Lipinski definition) is 2. The van der Waals surface area contributed by atoms with Gasteiger partial charge in [0.2, 0.25) is 0 Å². The Labute approximate surface area is 124 Å². The van der Waals surface area contributed by atoms with Crippen LogP contribution in [0.2, 0.25) is 0 Å². The van der Waals surface area contributed by atoms with Gasteiger partial charge >= 0.3 is 0 Å². The van der Waals surface area contributed by atoms with Crippen LogP contribution in [0.3, 0.4) is 0 Å². The zero-order chi connectivity index (χ0) is 14.9. The largest absolute Gasteiger partial charge is 0.329 e. The van der Waals surface area contributed by atoms with E-state index >= 15 is 0 Å². The average Bonchev–Trinajstić information content (AvgIpc) is 2.66. The van der Waals surface area contributed by atoms with E-state index in [1.165, 1.54) is 41.5 Å². The van der Waals surface area contributed by atoms with E-state index in [1.54, 1.807) is 0 Å². The van der Waals surface area contributed by atoms with Gasteiger partial charge in [0.1, 0.15) is 0 Å². The molecule has 1 aliphatic rings. The van der Waals surface area contributed by atoms with Crippen molar-refractivity contribution in [3.05, 3.63) is 34.4 Å². The van der Waals surface area contributed by atoms with Gasteiger partial charge < -0.3 is 11.1 Å². The number of benzene rings is 1. The molecule has 1 fully saturated rings. The van der Waals surface area contributed by atoms with Gasteiger partial charge in [0, 0.05) is 18.6 Å². The summed E-state index contributed by atoms with van der Waals surface area (Å²) in [5.41, 5.74) is 12.0. The van der Waals surface area contributed by atoms with Crippen molar-refractivity contribution < 1.29 is 0 Å².